The van der Waals surface area contributed by atoms with E-state index in [1.54, 1.807) is 6.20 Å². The second-order valence-electron chi connectivity index (χ2n) is 6.26. The minimum Gasteiger partial charge on any atom is -0.319 e. The molecule has 0 saturated heterocycles. The van der Waals surface area contributed by atoms with Crippen molar-refractivity contribution in [2.75, 3.05) is 5.32 Å². The van der Waals surface area contributed by atoms with Gasteiger partial charge in [-0.25, -0.2) is 9.78 Å². The molecular weight excluding hydrogens is 282 g/mol. The average molecular weight is 307 g/mol. The Morgan fingerprint density at radius 3 is 2.10 bits per heavy atom. The van der Waals surface area contributed by atoms with E-state index in [0.717, 1.165) is 5.13 Å². The van der Waals surface area contributed by atoms with Crippen molar-refractivity contribution in [2.24, 2.45) is 0 Å². The van der Waals surface area contributed by atoms with Gasteiger partial charge in [0.2, 0.25) is 0 Å². The predicted molar refractivity (Wildman–Crippen MR) is 86.7 cm³/mol. The lowest BCUT2D eigenvalue weighted by atomic mass is 9.89. The zero-order chi connectivity index (χ0) is 14.5. The van der Waals surface area contributed by atoms with Gasteiger partial charge in [-0.3, -0.25) is 5.32 Å². The first kappa shape index (κ1) is 14.8. The third-order valence-corrected chi connectivity index (χ3v) is 5.51. The number of nitrogens with one attached hydrogen (secondary N) is 1. The van der Waals surface area contributed by atoms with E-state index >= 15 is 0 Å². The summed E-state index contributed by atoms with van der Waals surface area (Å²) in [4.78, 5) is 19.2. The first-order valence-corrected chi connectivity index (χ1v) is 9.21. The molecule has 1 aromatic heterocycles. The number of thiazole rings is 1. The van der Waals surface area contributed by atoms with Gasteiger partial charge in [-0.2, -0.15) is 0 Å². The van der Waals surface area contributed by atoms with Gasteiger partial charge in [-0.15, -0.1) is 11.3 Å². The van der Waals surface area contributed by atoms with Gasteiger partial charge in [-0.1, -0.05) is 38.5 Å². The lowest BCUT2D eigenvalue weighted by molar-refractivity contribution is 0.114. The summed E-state index contributed by atoms with van der Waals surface area (Å²) in [7, 11) is 0. The molecule has 3 rings (SSSR count). The number of amides is 2. The number of anilines is 1. The van der Waals surface area contributed by atoms with E-state index in [9.17, 15) is 4.79 Å². The molecule has 0 bridgehead atoms. The van der Waals surface area contributed by atoms with Crippen molar-refractivity contribution in [3.05, 3.63) is 11.6 Å². The van der Waals surface area contributed by atoms with Crippen molar-refractivity contribution in [1.82, 2.24) is 9.88 Å². The predicted octanol–water partition coefficient (Wildman–Crippen LogP) is 4.64. The highest BCUT2D eigenvalue weighted by Crippen LogP contribution is 2.30. The summed E-state index contributed by atoms with van der Waals surface area (Å²) < 4.78 is 0. The van der Waals surface area contributed by atoms with Crippen LogP contribution in [-0.2, 0) is 0 Å². The number of carbonyl (C=O) groups is 1. The lowest BCUT2D eigenvalue weighted by Gasteiger charge is -2.41. The molecule has 0 aliphatic heterocycles. The Bertz CT molecular complexity index is 418. The number of carbonyl (C=O) groups excluding carboxylic acids is 1. The van der Waals surface area contributed by atoms with Crippen molar-refractivity contribution in [2.45, 2.75) is 76.3 Å². The fourth-order valence-electron chi connectivity index (χ4n) is 3.79. The largest absolute Gasteiger partial charge is 0.324 e. The molecule has 0 radical (unpaired) electrons. The standard InChI is InChI=1S/C16H25N3OS/c20-16(18-15-17-11-12-21-15)19(13-7-3-1-4-8-13)14-9-5-2-6-10-14/h11-14H,1-10H2,(H,17,18,20). The Labute approximate surface area is 130 Å². The molecule has 0 unspecified atom stereocenters. The fraction of sp³-hybridized carbons (Fsp3) is 0.750. The maximum Gasteiger partial charge on any atom is 0.324 e. The van der Waals surface area contributed by atoms with Crippen LogP contribution in [0, 0.1) is 0 Å². The molecule has 2 aliphatic carbocycles. The van der Waals surface area contributed by atoms with Crippen LogP contribution in [0.15, 0.2) is 11.6 Å². The van der Waals surface area contributed by atoms with E-state index in [4.69, 9.17) is 0 Å². The van der Waals surface area contributed by atoms with E-state index in [-0.39, 0.29) is 6.03 Å². The second-order valence-corrected chi connectivity index (χ2v) is 7.15. The molecule has 0 atom stereocenters. The van der Waals surface area contributed by atoms with Gasteiger partial charge in [0, 0.05) is 23.7 Å². The van der Waals surface area contributed by atoms with Crippen LogP contribution in [0.1, 0.15) is 64.2 Å². The molecule has 2 aliphatic rings. The Morgan fingerprint density at radius 1 is 1.05 bits per heavy atom. The van der Waals surface area contributed by atoms with E-state index < -0.39 is 0 Å². The minimum atomic E-state index is 0.0729. The minimum absolute atomic E-state index is 0.0729. The van der Waals surface area contributed by atoms with Gasteiger partial charge in [0.05, 0.1) is 0 Å². The summed E-state index contributed by atoms with van der Waals surface area (Å²) in [6.07, 6.45) is 14.1. The van der Waals surface area contributed by atoms with Crippen molar-refractivity contribution in [1.29, 1.82) is 0 Å². The quantitative estimate of drug-likeness (QED) is 0.884. The fourth-order valence-corrected chi connectivity index (χ4v) is 4.31. The molecule has 5 heteroatoms. The Kier molecular flexibility index (Phi) is 5.12. The number of urea groups is 1. The van der Waals surface area contributed by atoms with Gasteiger partial charge in [-0.05, 0) is 25.7 Å². The molecule has 116 valence electrons. The average Bonchev–Trinajstić information content (AvgIpc) is 3.02. The lowest BCUT2D eigenvalue weighted by Crippen LogP contribution is -2.50. The summed E-state index contributed by atoms with van der Waals surface area (Å²) in [5.41, 5.74) is 0. The molecule has 0 aromatic carbocycles. The van der Waals surface area contributed by atoms with Crippen molar-refractivity contribution < 1.29 is 4.79 Å². The van der Waals surface area contributed by atoms with Crippen LogP contribution >= 0.6 is 11.3 Å². The molecule has 1 heterocycles. The highest BCUT2D eigenvalue weighted by atomic mass is 32.1. The maximum atomic E-state index is 12.8. The van der Waals surface area contributed by atoms with Gasteiger partial charge in [0.1, 0.15) is 0 Å². The van der Waals surface area contributed by atoms with Crippen molar-refractivity contribution in [3.63, 3.8) is 0 Å². The highest BCUT2D eigenvalue weighted by Gasteiger charge is 2.32. The third kappa shape index (κ3) is 3.76. The molecule has 0 spiro atoms. The summed E-state index contributed by atoms with van der Waals surface area (Å²) in [6.45, 7) is 0. The summed E-state index contributed by atoms with van der Waals surface area (Å²) in [6, 6.07) is 0.937. The van der Waals surface area contributed by atoms with Gasteiger partial charge < -0.3 is 4.90 Å². The smallest absolute Gasteiger partial charge is 0.319 e. The molecule has 4 nitrogen and oxygen atoms in total. The first-order chi connectivity index (χ1) is 10.3. The number of rotatable bonds is 3. The zero-order valence-electron chi connectivity index (χ0n) is 12.6. The first-order valence-electron chi connectivity index (χ1n) is 8.33. The Balaban J connectivity index is 1.71. The highest BCUT2D eigenvalue weighted by molar-refractivity contribution is 7.13. The SMILES string of the molecule is O=C(Nc1nccs1)N(C1CCCCC1)C1CCCCC1. The number of aromatic nitrogens is 1. The van der Waals surface area contributed by atoms with Crippen LogP contribution in [0.25, 0.3) is 0 Å². The van der Waals surface area contributed by atoms with Crippen LogP contribution in [0.4, 0.5) is 9.93 Å². The van der Waals surface area contributed by atoms with E-state index in [0.29, 0.717) is 12.1 Å². The molecule has 2 fully saturated rings. The monoisotopic (exact) mass is 307 g/mol. The van der Waals surface area contributed by atoms with Crippen molar-refractivity contribution in [3.8, 4) is 0 Å². The Hall–Kier alpha value is -1.10. The van der Waals surface area contributed by atoms with Crippen LogP contribution in [0.3, 0.4) is 0 Å². The summed E-state index contributed by atoms with van der Waals surface area (Å²) in [5, 5.41) is 5.63. The van der Waals surface area contributed by atoms with Crippen LogP contribution < -0.4 is 5.32 Å². The molecule has 21 heavy (non-hydrogen) atoms. The Morgan fingerprint density at radius 2 is 1.62 bits per heavy atom. The second kappa shape index (κ2) is 7.25. The van der Waals surface area contributed by atoms with Crippen LogP contribution in [-0.4, -0.2) is 28.0 Å². The number of hydrogen-bond acceptors (Lipinski definition) is 3. The van der Waals surface area contributed by atoms with Gasteiger partial charge in [0.15, 0.2) is 5.13 Å². The molecule has 1 aromatic rings. The van der Waals surface area contributed by atoms with E-state index in [1.165, 1.54) is 75.5 Å². The topological polar surface area (TPSA) is 45.2 Å². The van der Waals surface area contributed by atoms with Gasteiger partial charge in [0.25, 0.3) is 0 Å². The van der Waals surface area contributed by atoms with Crippen LogP contribution in [0.5, 0.6) is 0 Å². The summed E-state index contributed by atoms with van der Waals surface area (Å²) in [5.74, 6) is 0. The summed E-state index contributed by atoms with van der Waals surface area (Å²) >= 11 is 1.49. The molecule has 2 saturated carbocycles. The maximum absolute atomic E-state index is 12.8. The van der Waals surface area contributed by atoms with Gasteiger partial charge >= 0.3 is 6.03 Å². The zero-order valence-corrected chi connectivity index (χ0v) is 13.4. The molecule has 2 amide bonds. The molecular formula is C16H25N3OS. The van der Waals surface area contributed by atoms with Crippen molar-refractivity contribution >= 4 is 22.5 Å². The third-order valence-electron chi connectivity index (χ3n) is 4.82. The number of hydrogen-bond donors (Lipinski definition) is 1. The van der Waals surface area contributed by atoms with E-state index in [1.807, 2.05) is 5.38 Å². The van der Waals surface area contributed by atoms with Crippen LogP contribution in [0.2, 0.25) is 0 Å². The normalized spacial score (nSPS) is 21.1. The van der Waals surface area contributed by atoms with E-state index in [2.05, 4.69) is 15.2 Å². The molecule has 1 N–H and O–H groups in total. The number of nitrogens with zero attached hydrogens (tertiary/aromatic N) is 2.